The summed E-state index contributed by atoms with van der Waals surface area (Å²) in [6.07, 6.45) is 1.87. The lowest BCUT2D eigenvalue weighted by molar-refractivity contribution is 0.0595. The Morgan fingerprint density at radius 1 is 1.35 bits per heavy atom. The third-order valence-electron chi connectivity index (χ3n) is 4.60. The SMILES string of the molecule is COC(=O)c1cc(CN2C[C@@H](CN)[C@H](c3ccccc3)C2)c[nH]1. The van der Waals surface area contributed by atoms with Crippen LogP contribution < -0.4 is 5.73 Å². The number of aromatic amines is 1. The summed E-state index contributed by atoms with van der Waals surface area (Å²) in [7, 11) is 1.39. The molecule has 1 aliphatic heterocycles. The number of aromatic nitrogens is 1. The zero-order valence-corrected chi connectivity index (χ0v) is 13.4. The molecule has 2 aromatic rings. The first-order valence-electron chi connectivity index (χ1n) is 7.94. The van der Waals surface area contributed by atoms with Gasteiger partial charge >= 0.3 is 5.97 Å². The maximum Gasteiger partial charge on any atom is 0.354 e. The van der Waals surface area contributed by atoms with Crippen molar-refractivity contribution in [3.63, 3.8) is 0 Å². The van der Waals surface area contributed by atoms with Gasteiger partial charge in [-0.05, 0) is 29.7 Å². The van der Waals surface area contributed by atoms with Gasteiger partial charge in [-0.1, -0.05) is 30.3 Å². The lowest BCUT2D eigenvalue weighted by Crippen LogP contribution is -2.23. The summed E-state index contributed by atoms with van der Waals surface area (Å²) in [5.74, 6) is 0.608. The zero-order valence-electron chi connectivity index (χ0n) is 13.4. The van der Waals surface area contributed by atoms with Gasteiger partial charge in [0.05, 0.1) is 7.11 Å². The molecule has 0 unspecified atom stereocenters. The molecule has 0 bridgehead atoms. The number of nitrogens with two attached hydrogens (primary N) is 1. The van der Waals surface area contributed by atoms with Crippen LogP contribution in [0.15, 0.2) is 42.6 Å². The van der Waals surface area contributed by atoms with Crippen molar-refractivity contribution in [2.75, 3.05) is 26.7 Å². The van der Waals surface area contributed by atoms with E-state index in [1.807, 2.05) is 18.3 Å². The first-order valence-corrected chi connectivity index (χ1v) is 7.94. The number of carbonyl (C=O) groups is 1. The van der Waals surface area contributed by atoms with Gasteiger partial charge in [-0.2, -0.15) is 0 Å². The maximum absolute atomic E-state index is 11.5. The number of nitrogens with zero attached hydrogens (tertiary/aromatic N) is 1. The second kappa shape index (κ2) is 6.98. The molecule has 1 saturated heterocycles. The van der Waals surface area contributed by atoms with E-state index in [2.05, 4.69) is 34.1 Å². The van der Waals surface area contributed by atoms with E-state index in [-0.39, 0.29) is 5.97 Å². The number of hydrogen-bond donors (Lipinski definition) is 2. The summed E-state index contributed by atoms with van der Waals surface area (Å²) in [5.41, 5.74) is 8.93. The molecule has 1 aromatic heterocycles. The number of rotatable bonds is 5. The van der Waals surface area contributed by atoms with Crippen molar-refractivity contribution in [3.8, 4) is 0 Å². The highest BCUT2D eigenvalue weighted by atomic mass is 16.5. The molecule has 2 heterocycles. The van der Waals surface area contributed by atoms with E-state index in [4.69, 9.17) is 10.5 Å². The molecular weight excluding hydrogens is 290 g/mol. The van der Waals surface area contributed by atoms with Crippen LogP contribution in [0, 0.1) is 5.92 Å². The van der Waals surface area contributed by atoms with E-state index in [1.54, 1.807) is 0 Å². The Labute approximate surface area is 136 Å². The molecule has 3 rings (SSSR count). The smallest absolute Gasteiger partial charge is 0.354 e. The predicted octanol–water partition coefficient (Wildman–Crippen LogP) is 1.98. The molecule has 23 heavy (non-hydrogen) atoms. The molecule has 1 aliphatic rings. The second-order valence-electron chi connectivity index (χ2n) is 6.12. The van der Waals surface area contributed by atoms with Gasteiger partial charge in [0, 0.05) is 31.7 Å². The summed E-state index contributed by atoms with van der Waals surface area (Å²) in [6, 6.07) is 12.4. The number of likely N-dealkylation sites (tertiary alicyclic amines) is 1. The number of benzene rings is 1. The summed E-state index contributed by atoms with van der Waals surface area (Å²) in [5, 5.41) is 0. The Morgan fingerprint density at radius 2 is 2.13 bits per heavy atom. The Kier molecular flexibility index (Phi) is 4.79. The molecule has 122 valence electrons. The van der Waals surface area contributed by atoms with Crippen LogP contribution in [0.2, 0.25) is 0 Å². The maximum atomic E-state index is 11.5. The summed E-state index contributed by atoms with van der Waals surface area (Å²) in [4.78, 5) is 16.9. The first-order chi connectivity index (χ1) is 11.2. The fourth-order valence-corrected chi connectivity index (χ4v) is 3.42. The van der Waals surface area contributed by atoms with Gasteiger partial charge in [0.25, 0.3) is 0 Å². The van der Waals surface area contributed by atoms with Crippen LogP contribution in [0.3, 0.4) is 0 Å². The van der Waals surface area contributed by atoms with Crippen molar-refractivity contribution in [1.82, 2.24) is 9.88 Å². The fourth-order valence-electron chi connectivity index (χ4n) is 3.42. The zero-order chi connectivity index (χ0) is 16.2. The molecule has 2 atom stereocenters. The molecule has 0 radical (unpaired) electrons. The summed E-state index contributed by atoms with van der Waals surface area (Å²) in [6.45, 7) is 3.48. The van der Waals surface area contributed by atoms with E-state index >= 15 is 0 Å². The van der Waals surface area contributed by atoms with Gasteiger partial charge in [-0.3, -0.25) is 4.90 Å². The average Bonchev–Trinajstić information content (AvgIpc) is 3.22. The lowest BCUT2D eigenvalue weighted by Gasteiger charge is -2.16. The first kappa shape index (κ1) is 15.8. The lowest BCUT2D eigenvalue weighted by atomic mass is 9.89. The van der Waals surface area contributed by atoms with Crippen LogP contribution in [-0.4, -0.2) is 42.6 Å². The Hall–Kier alpha value is -2.11. The molecular formula is C18H23N3O2. The van der Waals surface area contributed by atoms with Gasteiger partial charge in [0.15, 0.2) is 0 Å². The number of ether oxygens (including phenoxy) is 1. The molecule has 0 spiro atoms. The Bertz CT molecular complexity index is 653. The minimum Gasteiger partial charge on any atom is -0.464 e. The molecule has 1 fully saturated rings. The number of esters is 1. The summed E-state index contributed by atoms with van der Waals surface area (Å²) < 4.78 is 4.73. The van der Waals surface area contributed by atoms with Crippen LogP contribution >= 0.6 is 0 Å². The van der Waals surface area contributed by atoms with E-state index in [0.717, 1.165) is 25.2 Å². The van der Waals surface area contributed by atoms with Crippen molar-refractivity contribution in [3.05, 3.63) is 59.4 Å². The van der Waals surface area contributed by atoms with Crippen molar-refractivity contribution in [1.29, 1.82) is 0 Å². The largest absolute Gasteiger partial charge is 0.464 e. The van der Waals surface area contributed by atoms with Crippen molar-refractivity contribution in [2.45, 2.75) is 12.5 Å². The highest BCUT2D eigenvalue weighted by molar-refractivity contribution is 5.87. The van der Waals surface area contributed by atoms with E-state index < -0.39 is 0 Å². The van der Waals surface area contributed by atoms with Gasteiger partial charge < -0.3 is 15.5 Å². The topological polar surface area (TPSA) is 71.3 Å². The molecule has 0 saturated carbocycles. The molecule has 0 amide bonds. The number of hydrogen-bond acceptors (Lipinski definition) is 4. The Morgan fingerprint density at radius 3 is 2.83 bits per heavy atom. The minimum absolute atomic E-state index is 0.334. The Balaban J connectivity index is 1.68. The van der Waals surface area contributed by atoms with Crippen LogP contribution in [0.1, 0.15) is 27.5 Å². The number of H-pyrrole nitrogens is 1. The van der Waals surface area contributed by atoms with E-state index in [1.165, 1.54) is 12.7 Å². The highest BCUT2D eigenvalue weighted by Gasteiger charge is 2.32. The number of carbonyl (C=O) groups excluding carboxylic acids is 1. The quantitative estimate of drug-likeness (QED) is 0.828. The fraction of sp³-hybridized carbons (Fsp3) is 0.389. The standard InChI is InChI=1S/C18H23N3O2/c1-23-18(22)17-7-13(9-20-17)10-21-11-15(8-19)16(12-21)14-5-3-2-4-6-14/h2-7,9,15-16,20H,8,10-12,19H2,1H3/t15-,16+/m1/s1. The van der Waals surface area contributed by atoms with Crippen molar-refractivity contribution >= 4 is 5.97 Å². The molecule has 5 nitrogen and oxygen atoms in total. The van der Waals surface area contributed by atoms with Crippen LogP contribution in [0.5, 0.6) is 0 Å². The second-order valence-corrected chi connectivity index (χ2v) is 6.12. The third kappa shape index (κ3) is 3.46. The van der Waals surface area contributed by atoms with Crippen molar-refractivity contribution < 1.29 is 9.53 Å². The van der Waals surface area contributed by atoms with Gasteiger partial charge in [-0.25, -0.2) is 4.79 Å². The van der Waals surface area contributed by atoms with Gasteiger partial charge in [0.2, 0.25) is 0 Å². The molecule has 3 N–H and O–H groups in total. The molecule has 0 aliphatic carbocycles. The normalized spacial score (nSPS) is 21.5. The minimum atomic E-state index is -0.334. The van der Waals surface area contributed by atoms with Gasteiger partial charge in [0.1, 0.15) is 5.69 Å². The monoisotopic (exact) mass is 313 g/mol. The molecule has 5 heteroatoms. The van der Waals surface area contributed by atoms with Crippen LogP contribution in [-0.2, 0) is 11.3 Å². The van der Waals surface area contributed by atoms with Crippen molar-refractivity contribution in [2.24, 2.45) is 11.7 Å². The predicted molar refractivity (Wildman–Crippen MR) is 89.1 cm³/mol. The van der Waals surface area contributed by atoms with E-state index in [9.17, 15) is 4.79 Å². The third-order valence-corrected chi connectivity index (χ3v) is 4.60. The summed E-state index contributed by atoms with van der Waals surface area (Å²) >= 11 is 0. The van der Waals surface area contributed by atoms with E-state index in [0.29, 0.717) is 24.1 Å². The number of methoxy groups -OCH3 is 1. The van der Waals surface area contributed by atoms with Crippen LogP contribution in [0.4, 0.5) is 0 Å². The number of nitrogens with one attached hydrogen (secondary N) is 1. The van der Waals surface area contributed by atoms with Gasteiger partial charge in [-0.15, -0.1) is 0 Å². The molecule has 1 aromatic carbocycles. The average molecular weight is 313 g/mol. The van der Waals surface area contributed by atoms with Crippen LogP contribution in [0.25, 0.3) is 0 Å². The highest BCUT2D eigenvalue weighted by Crippen LogP contribution is 2.32.